The maximum atomic E-state index is 12.2. The number of carbonyl (C=O) groups is 1. The van der Waals surface area contributed by atoms with Crippen LogP contribution < -0.4 is 10.1 Å². The molecule has 0 aliphatic carbocycles. The number of hydrogen-bond acceptors (Lipinski definition) is 4. The lowest BCUT2D eigenvalue weighted by atomic mass is 10.1. The Bertz CT molecular complexity index is 600. The Labute approximate surface area is 124 Å². The number of ether oxygens (including phenoxy) is 1. The molecule has 0 bridgehead atoms. The third-order valence-corrected chi connectivity index (χ3v) is 2.83. The lowest BCUT2D eigenvalue weighted by Crippen LogP contribution is -2.13. The zero-order valence-electron chi connectivity index (χ0n) is 12.7. The molecule has 0 atom stereocenters. The van der Waals surface area contributed by atoms with Crippen LogP contribution in [-0.4, -0.2) is 17.0 Å². The average molecular weight is 288 g/mol. The van der Waals surface area contributed by atoms with E-state index >= 15 is 0 Å². The van der Waals surface area contributed by atoms with E-state index in [9.17, 15) is 4.79 Å². The zero-order chi connectivity index (χ0) is 15.4. The van der Waals surface area contributed by atoms with Crippen LogP contribution in [0.2, 0.25) is 0 Å². The molecule has 112 valence electrons. The lowest BCUT2D eigenvalue weighted by molar-refractivity contribution is 0.0995. The highest BCUT2D eigenvalue weighted by molar-refractivity contribution is 6.03. The van der Waals surface area contributed by atoms with Crippen LogP contribution in [0.5, 0.6) is 5.75 Å². The van der Waals surface area contributed by atoms with Crippen LogP contribution in [0.15, 0.2) is 35.1 Å². The van der Waals surface area contributed by atoms with Gasteiger partial charge in [0.2, 0.25) is 5.76 Å². The van der Waals surface area contributed by atoms with Crippen molar-refractivity contribution < 1.29 is 13.9 Å². The van der Waals surface area contributed by atoms with Gasteiger partial charge in [0, 0.05) is 5.69 Å². The van der Waals surface area contributed by atoms with Crippen LogP contribution in [0, 0.1) is 0 Å². The molecule has 1 amide bonds. The Hall–Kier alpha value is -2.30. The molecule has 0 saturated heterocycles. The standard InChI is InChI=1S/C16H20N2O3/c1-10(2)14-15(20-9-17-14)16(19)18-12-5-7-13(8-6-12)21-11(3)4/h5-11H,1-4H3,(H,18,19). The van der Waals surface area contributed by atoms with Gasteiger partial charge in [0.15, 0.2) is 6.39 Å². The topological polar surface area (TPSA) is 64.4 Å². The number of nitrogens with one attached hydrogen (secondary N) is 1. The van der Waals surface area contributed by atoms with Gasteiger partial charge in [-0.1, -0.05) is 13.8 Å². The minimum Gasteiger partial charge on any atom is -0.491 e. The summed E-state index contributed by atoms with van der Waals surface area (Å²) in [5.41, 5.74) is 1.34. The summed E-state index contributed by atoms with van der Waals surface area (Å²) in [7, 11) is 0. The molecule has 5 nitrogen and oxygen atoms in total. The van der Waals surface area contributed by atoms with Crippen LogP contribution in [0.3, 0.4) is 0 Å². The molecule has 1 aromatic heterocycles. The predicted molar refractivity (Wildman–Crippen MR) is 80.8 cm³/mol. The Morgan fingerprint density at radius 2 is 1.86 bits per heavy atom. The van der Waals surface area contributed by atoms with Crippen molar-refractivity contribution in [1.29, 1.82) is 0 Å². The largest absolute Gasteiger partial charge is 0.491 e. The van der Waals surface area contributed by atoms with Crippen LogP contribution in [0.1, 0.15) is 49.9 Å². The number of benzene rings is 1. The van der Waals surface area contributed by atoms with Crippen molar-refractivity contribution in [2.75, 3.05) is 5.32 Å². The Morgan fingerprint density at radius 3 is 2.43 bits per heavy atom. The highest BCUT2D eigenvalue weighted by atomic mass is 16.5. The first-order valence-corrected chi connectivity index (χ1v) is 6.99. The second-order valence-corrected chi connectivity index (χ2v) is 5.37. The van der Waals surface area contributed by atoms with E-state index in [1.54, 1.807) is 12.1 Å². The summed E-state index contributed by atoms with van der Waals surface area (Å²) in [6, 6.07) is 7.22. The van der Waals surface area contributed by atoms with Gasteiger partial charge in [-0.2, -0.15) is 0 Å². The molecule has 0 radical (unpaired) electrons. The van der Waals surface area contributed by atoms with Crippen molar-refractivity contribution in [2.45, 2.75) is 39.7 Å². The molecular weight excluding hydrogens is 268 g/mol. The van der Waals surface area contributed by atoms with E-state index in [2.05, 4.69) is 10.3 Å². The molecule has 0 spiro atoms. The van der Waals surface area contributed by atoms with Crippen molar-refractivity contribution in [3.05, 3.63) is 42.1 Å². The molecule has 0 aliphatic heterocycles. The summed E-state index contributed by atoms with van der Waals surface area (Å²) < 4.78 is 10.7. The van der Waals surface area contributed by atoms with E-state index in [1.807, 2.05) is 39.8 Å². The number of amides is 1. The maximum absolute atomic E-state index is 12.2. The van der Waals surface area contributed by atoms with Crippen molar-refractivity contribution >= 4 is 11.6 Å². The highest BCUT2D eigenvalue weighted by Crippen LogP contribution is 2.20. The van der Waals surface area contributed by atoms with Crippen molar-refractivity contribution in [2.24, 2.45) is 0 Å². The fourth-order valence-corrected chi connectivity index (χ4v) is 1.91. The van der Waals surface area contributed by atoms with E-state index in [0.29, 0.717) is 11.4 Å². The number of carbonyl (C=O) groups excluding carboxylic acids is 1. The first-order valence-electron chi connectivity index (χ1n) is 6.99. The van der Waals surface area contributed by atoms with Gasteiger partial charge in [-0.05, 0) is 44.0 Å². The molecule has 0 saturated carbocycles. The van der Waals surface area contributed by atoms with Crippen LogP contribution in [0.25, 0.3) is 0 Å². The molecule has 1 N–H and O–H groups in total. The van der Waals surface area contributed by atoms with E-state index < -0.39 is 0 Å². The van der Waals surface area contributed by atoms with E-state index in [-0.39, 0.29) is 23.7 Å². The molecular formula is C16H20N2O3. The van der Waals surface area contributed by atoms with Crippen molar-refractivity contribution in [1.82, 2.24) is 4.98 Å². The quantitative estimate of drug-likeness (QED) is 0.908. The molecule has 0 fully saturated rings. The van der Waals surface area contributed by atoms with Gasteiger partial charge in [-0.3, -0.25) is 4.79 Å². The average Bonchev–Trinajstić information content (AvgIpc) is 2.90. The minimum absolute atomic E-state index is 0.119. The molecule has 0 unspecified atom stereocenters. The van der Waals surface area contributed by atoms with Gasteiger partial charge in [-0.25, -0.2) is 4.98 Å². The Morgan fingerprint density at radius 1 is 1.19 bits per heavy atom. The predicted octanol–water partition coefficient (Wildman–Crippen LogP) is 3.84. The van der Waals surface area contributed by atoms with Gasteiger partial charge in [0.05, 0.1) is 11.8 Å². The second-order valence-electron chi connectivity index (χ2n) is 5.37. The lowest BCUT2D eigenvalue weighted by Gasteiger charge is -2.10. The van der Waals surface area contributed by atoms with Gasteiger partial charge in [0.1, 0.15) is 5.75 Å². The van der Waals surface area contributed by atoms with E-state index in [0.717, 1.165) is 5.75 Å². The molecule has 0 aliphatic rings. The third-order valence-electron chi connectivity index (χ3n) is 2.83. The fourth-order valence-electron chi connectivity index (χ4n) is 1.91. The van der Waals surface area contributed by atoms with Crippen molar-refractivity contribution in [3.8, 4) is 5.75 Å². The van der Waals surface area contributed by atoms with Gasteiger partial charge < -0.3 is 14.5 Å². The van der Waals surface area contributed by atoms with Gasteiger partial charge in [-0.15, -0.1) is 0 Å². The van der Waals surface area contributed by atoms with Crippen LogP contribution in [-0.2, 0) is 0 Å². The Kier molecular flexibility index (Phi) is 4.62. The van der Waals surface area contributed by atoms with Crippen molar-refractivity contribution in [3.63, 3.8) is 0 Å². The number of hydrogen-bond donors (Lipinski definition) is 1. The summed E-state index contributed by atoms with van der Waals surface area (Å²) in [6.07, 6.45) is 1.41. The number of oxazole rings is 1. The van der Waals surface area contributed by atoms with E-state index in [1.165, 1.54) is 6.39 Å². The number of aromatic nitrogens is 1. The molecule has 2 rings (SSSR count). The molecule has 1 aromatic carbocycles. The summed E-state index contributed by atoms with van der Waals surface area (Å²) in [5, 5.41) is 2.79. The molecule has 2 aromatic rings. The molecule has 5 heteroatoms. The number of nitrogens with zero attached hydrogens (tertiary/aromatic N) is 1. The van der Waals surface area contributed by atoms with Crippen LogP contribution in [0.4, 0.5) is 5.69 Å². The SMILES string of the molecule is CC(C)Oc1ccc(NC(=O)c2ocnc2C(C)C)cc1. The van der Waals surface area contributed by atoms with Gasteiger partial charge >= 0.3 is 0 Å². The first kappa shape index (κ1) is 15.1. The highest BCUT2D eigenvalue weighted by Gasteiger charge is 2.19. The van der Waals surface area contributed by atoms with Crippen LogP contribution >= 0.6 is 0 Å². The molecule has 1 heterocycles. The van der Waals surface area contributed by atoms with Gasteiger partial charge in [0.25, 0.3) is 5.91 Å². The summed E-state index contributed by atoms with van der Waals surface area (Å²) >= 11 is 0. The number of anilines is 1. The minimum atomic E-state index is -0.297. The maximum Gasteiger partial charge on any atom is 0.293 e. The summed E-state index contributed by atoms with van der Waals surface area (Å²) in [4.78, 5) is 16.3. The monoisotopic (exact) mass is 288 g/mol. The third kappa shape index (κ3) is 3.84. The Balaban J connectivity index is 2.07. The first-order chi connectivity index (χ1) is 9.97. The summed E-state index contributed by atoms with van der Waals surface area (Å²) in [6.45, 7) is 7.86. The normalized spacial score (nSPS) is 11.0. The summed E-state index contributed by atoms with van der Waals surface area (Å²) in [5.74, 6) is 0.859. The zero-order valence-corrected chi connectivity index (χ0v) is 12.7. The fraction of sp³-hybridized carbons (Fsp3) is 0.375. The molecule has 21 heavy (non-hydrogen) atoms. The second kappa shape index (κ2) is 6.43. The number of rotatable bonds is 5. The van der Waals surface area contributed by atoms with E-state index in [4.69, 9.17) is 9.15 Å². The smallest absolute Gasteiger partial charge is 0.293 e.